The van der Waals surface area contributed by atoms with Gasteiger partial charge in [-0.25, -0.2) is 17.6 Å². The van der Waals surface area contributed by atoms with Crippen LogP contribution in [0.1, 0.15) is 99.1 Å². The molecule has 0 spiro atoms. The minimum absolute atomic E-state index is 0.000815. The van der Waals surface area contributed by atoms with E-state index in [0.717, 1.165) is 16.7 Å². The second kappa shape index (κ2) is 28.1. The van der Waals surface area contributed by atoms with Crippen molar-refractivity contribution < 1.29 is 41.7 Å². The Kier molecular flexibility index (Phi) is 20.8. The van der Waals surface area contributed by atoms with Crippen LogP contribution in [0.15, 0.2) is 162 Å². The first-order chi connectivity index (χ1) is 40.8. The number of carbonyl (C=O) groups excluding carboxylic acids is 2. The van der Waals surface area contributed by atoms with E-state index in [1.807, 2.05) is 33.8 Å². The molecule has 2 radical (unpaired) electrons. The van der Waals surface area contributed by atoms with Crippen molar-refractivity contribution in [1.82, 2.24) is 29.1 Å². The fourth-order valence-electron chi connectivity index (χ4n) is 9.34. The second-order valence-electron chi connectivity index (χ2n) is 19.6. The molecule has 0 aliphatic rings. The Balaban J connectivity index is 0.000000230. The van der Waals surface area contributed by atoms with E-state index in [1.54, 1.807) is 88.8 Å². The van der Waals surface area contributed by atoms with Gasteiger partial charge in [0.2, 0.25) is 0 Å². The minimum Gasteiger partial charge on any atom is -0.452 e. The van der Waals surface area contributed by atoms with E-state index in [4.69, 9.17) is 9.47 Å². The Hall–Kier alpha value is -9.68. The number of ketones is 2. The van der Waals surface area contributed by atoms with Crippen LogP contribution in [0.3, 0.4) is 0 Å². The van der Waals surface area contributed by atoms with Crippen molar-refractivity contribution >= 4 is 47.1 Å². The number of aliphatic hydroxyl groups is 1. The molecule has 432 valence electrons. The normalized spacial score (nSPS) is 11.1. The number of aromatic nitrogens is 6. The summed E-state index contributed by atoms with van der Waals surface area (Å²) in [4.78, 5) is 70.7. The molecule has 10 rings (SSSR count). The molecule has 0 saturated heterocycles. The van der Waals surface area contributed by atoms with Crippen molar-refractivity contribution in [3.63, 3.8) is 0 Å². The summed E-state index contributed by atoms with van der Waals surface area (Å²) in [6.07, 6.45) is 5.96. The summed E-state index contributed by atoms with van der Waals surface area (Å²) in [5.41, 5.74) is 7.34. The van der Waals surface area contributed by atoms with E-state index in [9.17, 15) is 33.1 Å². The van der Waals surface area contributed by atoms with Crippen LogP contribution >= 0.6 is 0 Å². The molecule has 6 heterocycles. The number of hydrogen-bond donors (Lipinski definition) is 1. The highest BCUT2D eigenvalue weighted by Gasteiger charge is 2.23. The Labute approximate surface area is 490 Å². The van der Waals surface area contributed by atoms with Crippen LogP contribution in [-0.4, -0.2) is 60.2 Å². The lowest BCUT2D eigenvalue weighted by Gasteiger charge is -2.14. The molecule has 18 heteroatoms. The van der Waals surface area contributed by atoms with E-state index < -0.39 is 46.0 Å². The molecule has 6 aromatic heterocycles. The highest BCUT2D eigenvalue weighted by Crippen LogP contribution is 2.33. The predicted octanol–water partition coefficient (Wildman–Crippen LogP) is 14.1. The van der Waals surface area contributed by atoms with Crippen LogP contribution in [0.4, 0.5) is 17.6 Å². The van der Waals surface area contributed by atoms with Crippen molar-refractivity contribution in [1.29, 1.82) is 0 Å². The van der Waals surface area contributed by atoms with Gasteiger partial charge in [-0.3, -0.25) is 48.2 Å². The number of aliphatic hydroxyl groups excluding tert-OH is 1. The van der Waals surface area contributed by atoms with E-state index in [1.165, 1.54) is 95.0 Å². The number of Topliss-reactive ketones (excluding diaryl/α,β-unsaturated/α-hetero) is 2. The molecule has 1 unspecified atom stereocenters. The molecular weight excluding hydrogens is 1090 g/mol. The molecule has 1 N–H and O–H groups in total. The standard InChI is InChI=1S/C32H27F2N3O4.C32H25F2N3O3.C2H6.CH3B/c1-18-12-20(3)37(24-7-5-23(33)6-8-24)32(40)30(18)27(39)14-21-4-9-28(25(34)13-21)41-29-10-11-35-26-15-22(19(2)17-38)16-36-31(26)29;1-18(2)22-16-26-31(36-17-22)29(11-12-35-26)40-28-10-5-21(14-25(28)34)15-27(38)30-19(3)13-20(4)37(32(30)39)24-8-6-23(33)7-9-24;2*1-2/h4-13,15-16,19,38H,14,17H2,1-3H3;5-14,16-17H,1,15H2,2-4H3;1-2H3;1H3. The Bertz CT molecular complexity index is 4250. The molecule has 0 saturated carbocycles. The van der Waals surface area contributed by atoms with Gasteiger partial charge in [0.25, 0.3) is 11.1 Å². The summed E-state index contributed by atoms with van der Waals surface area (Å²) in [6.45, 7) is 19.9. The molecular formula is C67H61BF4N6O7. The fourth-order valence-corrected chi connectivity index (χ4v) is 9.34. The van der Waals surface area contributed by atoms with Crippen molar-refractivity contribution in [3.05, 3.63) is 253 Å². The van der Waals surface area contributed by atoms with Gasteiger partial charge in [0, 0.05) is 85.0 Å². The van der Waals surface area contributed by atoms with E-state index in [0.29, 0.717) is 78.6 Å². The van der Waals surface area contributed by atoms with Crippen LogP contribution in [0.25, 0.3) is 39.0 Å². The van der Waals surface area contributed by atoms with Gasteiger partial charge in [-0.2, -0.15) is 0 Å². The SMILES string of the molecule is C=C(C)c1cnc2c(Oc3ccc(CC(=O)c4c(C)cc(C)n(-c5ccc(F)cc5)c4=O)cc3F)ccnc2c1.CC.Cc1cc(C)n(-c2ccc(F)cc2)c(=O)c1C(=O)Cc1ccc(Oc2ccnc3cc(C(C)CO)cnc23)c(F)c1.[B]C. The van der Waals surface area contributed by atoms with Gasteiger partial charge in [-0.15, -0.1) is 0 Å². The average Bonchev–Trinajstić information content (AvgIpc) is 2.98. The largest absolute Gasteiger partial charge is 0.452 e. The topological polar surface area (TPSA) is 168 Å². The number of allylic oxidation sites excluding steroid dienone is 1. The number of hydrogen-bond acceptors (Lipinski definition) is 11. The molecule has 1 atom stereocenters. The monoisotopic (exact) mass is 1150 g/mol. The van der Waals surface area contributed by atoms with E-state index in [-0.39, 0.29) is 48.0 Å². The number of fused-ring (bicyclic) bond motifs is 2. The zero-order valence-corrected chi connectivity index (χ0v) is 48.4. The molecule has 0 fully saturated rings. The van der Waals surface area contributed by atoms with Gasteiger partial charge < -0.3 is 14.6 Å². The molecule has 0 amide bonds. The molecule has 0 aliphatic heterocycles. The quantitative estimate of drug-likeness (QED) is 0.0589. The van der Waals surface area contributed by atoms with Gasteiger partial charge in [0.05, 0.1) is 30.0 Å². The number of aryl methyl sites for hydroxylation is 4. The van der Waals surface area contributed by atoms with Crippen molar-refractivity contribution in [2.45, 2.75) is 81.0 Å². The smallest absolute Gasteiger partial charge is 0.266 e. The Morgan fingerprint density at radius 2 is 0.988 bits per heavy atom. The molecule has 0 bridgehead atoms. The zero-order chi connectivity index (χ0) is 61.8. The first-order valence-corrected chi connectivity index (χ1v) is 27.1. The first-order valence-electron chi connectivity index (χ1n) is 27.1. The second-order valence-corrected chi connectivity index (χ2v) is 19.6. The third-order valence-electron chi connectivity index (χ3n) is 13.5. The number of benzene rings is 4. The van der Waals surface area contributed by atoms with Crippen LogP contribution in [0, 0.1) is 51.0 Å². The number of carbonyl (C=O) groups is 2. The molecule has 4 aromatic carbocycles. The summed E-state index contributed by atoms with van der Waals surface area (Å²) in [7, 11) is 4.50. The highest BCUT2D eigenvalue weighted by atomic mass is 19.1. The molecule has 10 aromatic rings. The number of rotatable bonds is 15. The Morgan fingerprint density at radius 1 is 0.576 bits per heavy atom. The van der Waals surface area contributed by atoms with Gasteiger partial charge in [-0.05, 0) is 171 Å². The van der Waals surface area contributed by atoms with Crippen molar-refractivity contribution in [2.24, 2.45) is 0 Å². The lowest BCUT2D eigenvalue weighted by molar-refractivity contribution is 0.0982. The van der Waals surface area contributed by atoms with E-state index in [2.05, 4.69) is 34.4 Å². The highest BCUT2D eigenvalue weighted by molar-refractivity contribution is 6.05. The summed E-state index contributed by atoms with van der Waals surface area (Å²) < 4.78 is 71.5. The molecule has 13 nitrogen and oxygen atoms in total. The summed E-state index contributed by atoms with van der Waals surface area (Å²) in [5.74, 6) is -2.72. The maximum Gasteiger partial charge on any atom is 0.266 e. The molecule has 85 heavy (non-hydrogen) atoms. The first kappa shape index (κ1) is 62.9. The van der Waals surface area contributed by atoms with Crippen LogP contribution in [-0.2, 0) is 12.8 Å². The fraction of sp³-hybridized carbons (Fsp3) is 0.194. The summed E-state index contributed by atoms with van der Waals surface area (Å²) in [6, 6.07) is 29.5. The maximum atomic E-state index is 15.1. The van der Waals surface area contributed by atoms with Gasteiger partial charge in [-0.1, -0.05) is 46.3 Å². The summed E-state index contributed by atoms with van der Waals surface area (Å²) >= 11 is 0. The third-order valence-corrected chi connectivity index (χ3v) is 13.5. The lowest BCUT2D eigenvalue weighted by Crippen LogP contribution is -2.29. The van der Waals surface area contributed by atoms with Crippen molar-refractivity contribution in [3.8, 4) is 34.4 Å². The number of halogens is 4. The number of pyridine rings is 6. The van der Waals surface area contributed by atoms with Crippen molar-refractivity contribution in [2.75, 3.05) is 6.61 Å². The predicted molar refractivity (Wildman–Crippen MR) is 324 cm³/mol. The average molecular weight is 1150 g/mol. The number of nitrogens with zero attached hydrogens (tertiary/aromatic N) is 6. The number of ether oxygens (including phenoxy) is 2. The van der Waals surface area contributed by atoms with E-state index >= 15 is 8.78 Å². The third kappa shape index (κ3) is 14.4. The van der Waals surface area contributed by atoms with Gasteiger partial charge in [0.1, 0.15) is 22.7 Å². The summed E-state index contributed by atoms with van der Waals surface area (Å²) in [5, 5.41) is 9.42. The molecule has 0 aliphatic carbocycles. The van der Waals surface area contributed by atoms with Crippen LogP contribution < -0.4 is 20.6 Å². The van der Waals surface area contributed by atoms with Crippen LogP contribution in [0.5, 0.6) is 23.0 Å². The zero-order valence-electron chi connectivity index (χ0n) is 48.4. The van der Waals surface area contributed by atoms with Crippen LogP contribution in [0.2, 0.25) is 6.82 Å². The maximum absolute atomic E-state index is 15.1. The Morgan fingerprint density at radius 3 is 1.39 bits per heavy atom. The minimum atomic E-state index is -0.685. The van der Waals surface area contributed by atoms with Gasteiger partial charge in [0.15, 0.2) is 46.2 Å². The van der Waals surface area contributed by atoms with Gasteiger partial charge >= 0.3 is 0 Å². The lowest BCUT2D eigenvalue weighted by atomic mass is 9.99.